The number of hydrogen-bond donors (Lipinski definition) is 2. The lowest BCUT2D eigenvalue weighted by Gasteiger charge is -2.12. The molecule has 0 bridgehead atoms. The number of aliphatic hydroxyl groups excluding tert-OH is 1. The van der Waals surface area contributed by atoms with Gasteiger partial charge in [-0.1, -0.05) is 18.2 Å². The maximum absolute atomic E-state index is 12.2. The van der Waals surface area contributed by atoms with Gasteiger partial charge in [0.25, 0.3) is 5.91 Å². The molecule has 0 atom stereocenters. The molecule has 0 aliphatic carbocycles. The van der Waals surface area contributed by atoms with Crippen LogP contribution in [0.3, 0.4) is 0 Å². The van der Waals surface area contributed by atoms with E-state index in [-0.39, 0.29) is 19.1 Å². The van der Waals surface area contributed by atoms with Gasteiger partial charge in [-0.05, 0) is 42.8 Å². The van der Waals surface area contributed by atoms with E-state index in [0.717, 1.165) is 11.1 Å². The molecule has 0 aliphatic rings. The van der Waals surface area contributed by atoms with Crippen LogP contribution in [0, 0.1) is 6.92 Å². The molecule has 0 spiro atoms. The van der Waals surface area contributed by atoms with Crippen molar-refractivity contribution in [2.45, 2.75) is 13.5 Å². The van der Waals surface area contributed by atoms with Crippen LogP contribution in [0.4, 0.5) is 5.69 Å². The Morgan fingerprint density at radius 3 is 2.63 bits per heavy atom. The monoisotopic (exact) mass is 367 g/mol. The van der Waals surface area contributed by atoms with E-state index >= 15 is 0 Å². The van der Waals surface area contributed by atoms with Gasteiger partial charge in [0, 0.05) is 11.8 Å². The van der Waals surface area contributed by atoms with Gasteiger partial charge < -0.3 is 24.3 Å². The van der Waals surface area contributed by atoms with Crippen molar-refractivity contribution < 1.29 is 23.8 Å². The number of rotatable bonds is 7. The Balaban J connectivity index is 1.68. The van der Waals surface area contributed by atoms with E-state index in [1.807, 2.05) is 31.2 Å². The molecule has 1 aromatic heterocycles. The topological polar surface area (TPSA) is 80.9 Å². The minimum atomic E-state index is -0.270. The van der Waals surface area contributed by atoms with Crippen molar-refractivity contribution in [2.24, 2.45) is 0 Å². The number of benzene rings is 2. The molecule has 6 nitrogen and oxygen atoms in total. The number of ether oxygens (including phenoxy) is 2. The summed E-state index contributed by atoms with van der Waals surface area (Å²) < 4.78 is 16.5. The molecule has 0 fully saturated rings. The summed E-state index contributed by atoms with van der Waals surface area (Å²) in [5, 5.41) is 11.9. The largest absolute Gasteiger partial charge is 0.496 e. The van der Waals surface area contributed by atoms with Gasteiger partial charge in [-0.2, -0.15) is 0 Å². The SMILES string of the molecule is COc1cc(NC(=O)COc2ccccc2C)ccc1-c1ccc(CO)o1. The van der Waals surface area contributed by atoms with Crippen LogP contribution in [0.15, 0.2) is 59.0 Å². The standard InChI is InChI=1S/C21H21NO5/c1-14-5-3-4-6-18(14)26-13-21(24)22-15-7-9-17(20(11-15)25-2)19-10-8-16(12-23)27-19/h3-11,23H,12-13H2,1-2H3,(H,22,24). The fourth-order valence-corrected chi connectivity index (χ4v) is 2.64. The Bertz CT molecular complexity index is 932. The smallest absolute Gasteiger partial charge is 0.262 e. The zero-order valence-electron chi connectivity index (χ0n) is 15.2. The van der Waals surface area contributed by atoms with Crippen molar-refractivity contribution >= 4 is 11.6 Å². The number of carbonyl (C=O) groups excluding carboxylic acids is 1. The Hall–Kier alpha value is -3.25. The number of amides is 1. The first-order valence-electron chi connectivity index (χ1n) is 8.47. The van der Waals surface area contributed by atoms with Crippen molar-refractivity contribution in [1.82, 2.24) is 0 Å². The van der Waals surface area contributed by atoms with Gasteiger partial charge in [0.05, 0.1) is 12.7 Å². The highest BCUT2D eigenvalue weighted by Gasteiger charge is 2.13. The van der Waals surface area contributed by atoms with Crippen LogP contribution in [0.5, 0.6) is 11.5 Å². The van der Waals surface area contributed by atoms with E-state index in [9.17, 15) is 4.79 Å². The number of hydrogen-bond acceptors (Lipinski definition) is 5. The normalized spacial score (nSPS) is 10.5. The number of aliphatic hydroxyl groups is 1. The minimum Gasteiger partial charge on any atom is -0.496 e. The predicted octanol–water partition coefficient (Wildman–Crippen LogP) is 3.77. The van der Waals surface area contributed by atoms with Crippen molar-refractivity contribution in [1.29, 1.82) is 0 Å². The van der Waals surface area contributed by atoms with E-state index in [2.05, 4.69) is 5.32 Å². The third-order valence-corrected chi connectivity index (χ3v) is 4.02. The number of carbonyl (C=O) groups is 1. The minimum absolute atomic E-state index is 0.0903. The Labute approximate surface area is 157 Å². The summed E-state index contributed by atoms with van der Waals surface area (Å²) in [6.45, 7) is 1.66. The van der Waals surface area contributed by atoms with Crippen LogP contribution in [0.25, 0.3) is 11.3 Å². The lowest BCUT2D eigenvalue weighted by atomic mass is 10.1. The predicted molar refractivity (Wildman–Crippen MR) is 102 cm³/mol. The molecule has 0 radical (unpaired) electrons. The first kappa shape index (κ1) is 18.5. The number of anilines is 1. The molecular formula is C21H21NO5. The highest BCUT2D eigenvalue weighted by Crippen LogP contribution is 2.33. The zero-order chi connectivity index (χ0) is 19.2. The van der Waals surface area contributed by atoms with Crippen LogP contribution in [-0.2, 0) is 11.4 Å². The second kappa shape index (κ2) is 8.42. The Kier molecular flexibility index (Phi) is 5.78. The lowest BCUT2D eigenvalue weighted by molar-refractivity contribution is -0.118. The molecule has 140 valence electrons. The summed E-state index contributed by atoms with van der Waals surface area (Å²) in [6.07, 6.45) is 0. The summed E-state index contributed by atoms with van der Waals surface area (Å²) in [5.41, 5.74) is 2.28. The van der Waals surface area contributed by atoms with Crippen LogP contribution in [0.1, 0.15) is 11.3 Å². The maximum atomic E-state index is 12.2. The van der Waals surface area contributed by atoms with Crippen LogP contribution in [0.2, 0.25) is 0 Å². The van der Waals surface area contributed by atoms with E-state index in [1.54, 1.807) is 37.4 Å². The average Bonchev–Trinajstić information content (AvgIpc) is 3.16. The second-order valence-corrected chi connectivity index (χ2v) is 5.94. The second-order valence-electron chi connectivity index (χ2n) is 5.94. The number of furan rings is 1. The summed E-state index contributed by atoms with van der Waals surface area (Å²) in [4.78, 5) is 12.2. The van der Waals surface area contributed by atoms with Crippen molar-refractivity contribution in [2.75, 3.05) is 19.0 Å². The molecule has 0 saturated heterocycles. The van der Waals surface area contributed by atoms with Crippen LogP contribution in [-0.4, -0.2) is 24.7 Å². The van der Waals surface area contributed by atoms with Crippen LogP contribution >= 0.6 is 0 Å². The number of aryl methyl sites for hydroxylation is 1. The molecule has 0 aliphatic heterocycles. The Morgan fingerprint density at radius 2 is 1.93 bits per heavy atom. The molecule has 3 rings (SSSR count). The van der Waals surface area contributed by atoms with Gasteiger partial charge in [-0.25, -0.2) is 0 Å². The molecule has 27 heavy (non-hydrogen) atoms. The maximum Gasteiger partial charge on any atom is 0.262 e. The molecule has 0 saturated carbocycles. The summed E-state index contributed by atoms with van der Waals surface area (Å²) in [6, 6.07) is 16.2. The van der Waals surface area contributed by atoms with E-state index in [1.165, 1.54) is 0 Å². The van der Waals surface area contributed by atoms with Gasteiger partial charge >= 0.3 is 0 Å². The number of nitrogens with one attached hydrogen (secondary N) is 1. The summed E-state index contributed by atoms with van der Waals surface area (Å²) in [5.74, 6) is 2.01. The molecule has 2 N–H and O–H groups in total. The summed E-state index contributed by atoms with van der Waals surface area (Å²) in [7, 11) is 1.54. The van der Waals surface area contributed by atoms with Gasteiger partial charge in [0.15, 0.2) is 6.61 Å². The fourth-order valence-electron chi connectivity index (χ4n) is 2.64. The van der Waals surface area contributed by atoms with Crippen molar-refractivity contribution in [3.63, 3.8) is 0 Å². The quantitative estimate of drug-likeness (QED) is 0.664. The van der Waals surface area contributed by atoms with Gasteiger partial charge in [-0.15, -0.1) is 0 Å². The fraction of sp³-hybridized carbons (Fsp3) is 0.190. The highest BCUT2D eigenvalue weighted by molar-refractivity contribution is 5.92. The van der Waals surface area contributed by atoms with Gasteiger partial charge in [0.2, 0.25) is 0 Å². The molecule has 6 heteroatoms. The number of methoxy groups -OCH3 is 1. The van der Waals surface area contributed by atoms with Crippen molar-refractivity contribution in [3.05, 3.63) is 65.9 Å². The van der Waals surface area contributed by atoms with E-state index in [0.29, 0.717) is 28.7 Å². The molecule has 3 aromatic rings. The third kappa shape index (κ3) is 4.48. The molecule has 1 heterocycles. The van der Waals surface area contributed by atoms with Crippen molar-refractivity contribution in [3.8, 4) is 22.8 Å². The lowest BCUT2D eigenvalue weighted by Crippen LogP contribution is -2.20. The number of para-hydroxylation sites is 1. The zero-order valence-corrected chi connectivity index (χ0v) is 15.2. The molecular weight excluding hydrogens is 346 g/mol. The van der Waals surface area contributed by atoms with E-state index < -0.39 is 0 Å². The van der Waals surface area contributed by atoms with Crippen LogP contribution < -0.4 is 14.8 Å². The highest BCUT2D eigenvalue weighted by atomic mass is 16.5. The molecule has 2 aromatic carbocycles. The van der Waals surface area contributed by atoms with E-state index in [4.69, 9.17) is 19.0 Å². The molecule has 0 unspecified atom stereocenters. The Morgan fingerprint density at radius 1 is 1.11 bits per heavy atom. The first-order chi connectivity index (χ1) is 13.1. The molecule has 1 amide bonds. The van der Waals surface area contributed by atoms with Gasteiger partial charge in [0.1, 0.15) is 29.6 Å². The summed E-state index contributed by atoms with van der Waals surface area (Å²) >= 11 is 0. The van der Waals surface area contributed by atoms with Gasteiger partial charge in [-0.3, -0.25) is 4.79 Å². The average molecular weight is 367 g/mol. The third-order valence-electron chi connectivity index (χ3n) is 4.02. The first-order valence-corrected chi connectivity index (χ1v) is 8.47.